The molecule has 0 radical (unpaired) electrons. The largest absolute Gasteiger partial charge is 0.391 e. The molecule has 1 aromatic heterocycles. The van der Waals surface area contributed by atoms with E-state index < -0.39 is 0 Å². The van der Waals surface area contributed by atoms with Gasteiger partial charge >= 0.3 is 0 Å². The third kappa shape index (κ3) is 2.19. The summed E-state index contributed by atoms with van der Waals surface area (Å²) in [5.41, 5.74) is 1.94. The lowest BCUT2D eigenvalue weighted by molar-refractivity contribution is 0.198. The van der Waals surface area contributed by atoms with Crippen molar-refractivity contribution in [2.45, 2.75) is 12.5 Å². The van der Waals surface area contributed by atoms with Gasteiger partial charge in [0.25, 0.3) is 0 Å². The maximum Gasteiger partial charge on any atom is 0.151 e. The van der Waals surface area contributed by atoms with Gasteiger partial charge in [-0.1, -0.05) is 30.3 Å². The van der Waals surface area contributed by atoms with Gasteiger partial charge in [-0.3, -0.25) is 0 Å². The van der Waals surface area contributed by atoms with E-state index in [4.69, 9.17) is 0 Å². The zero-order chi connectivity index (χ0) is 12.4. The molecule has 2 heterocycles. The van der Waals surface area contributed by atoms with Gasteiger partial charge in [0, 0.05) is 18.7 Å². The monoisotopic (exact) mass is 241 g/mol. The average molecular weight is 241 g/mol. The van der Waals surface area contributed by atoms with Gasteiger partial charge in [-0.15, -0.1) is 10.2 Å². The number of aliphatic hydroxyl groups excluding tert-OH is 1. The van der Waals surface area contributed by atoms with Gasteiger partial charge in [0.05, 0.1) is 11.8 Å². The summed E-state index contributed by atoms with van der Waals surface area (Å²) in [7, 11) is 0. The highest BCUT2D eigenvalue weighted by Crippen LogP contribution is 2.20. The number of hydrogen-bond acceptors (Lipinski definition) is 4. The van der Waals surface area contributed by atoms with Crippen molar-refractivity contribution in [1.82, 2.24) is 10.2 Å². The van der Waals surface area contributed by atoms with E-state index in [0.717, 1.165) is 30.0 Å². The molecule has 2 aromatic rings. The molecule has 1 aliphatic rings. The van der Waals surface area contributed by atoms with E-state index in [1.165, 1.54) is 0 Å². The van der Waals surface area contributed by atoms with Crippen LogP contribution in [0.3, 0.4) is 0 Å². The number of aliphatic hydroxyl groups is 1. The zero-order valence-electron chi connectivity index (χ0n) is 10.0. The topological polar surface area (TPSA) is 49.2 Å². The summed E-state index contributed by atoms with van der Waals surface area (Å²) in [6, 6.07) is 13.9. The van der Waals surface area contributed by atoms with Crippen LogP contribution < -0.4 is 4.90 Å². The van der Waals surface area contributed by atoms with Crippen LogP contribution in [0.5, 0.6) is 0 Å². The summed E-state index contributed by atoms with van der Waals surface area (Å²) in [6.45, 7) is 1.50. The number of nitrogens with zero attached hydrogens (tertiary/aromatic N) is 3. The van der Waals surface area contributed by atoms with Crippen LogP contribution in [-0.4, -0.2) is 34.5 Å². The average Bonchev–Trinajstić information content (AvgIpc) is 2.87. The van der Waals surface area contributed by atoms with Crippen molar-refractivity contribution in [2.75, 3.05) is 18.0 Å². The predicted octanol–water partition coefficient (Wildman–Crippen LogP) is 1.71. The van der Waals surface area contributed by atoms with E-state index >= 15 is 0 Å². The van der Waals surface area contributed by atoms with Crippen molar-refractivity contribution in [3.63, 3.8) is 0 Å². The molecule has 1 aromatic carbocycles. The molecule has 0 aliphatic carbocycles. The van der Waals surface area contributed by atoms with Gasteiger partial charge in [-0.2, -0.15) is 0 Å². The van der Waals surface area contributed by atoms with E-state index in [-0.39, 0.29) is 6.10 Å². The lowest BCUT2D eigenvalue weighted by atomic mass is 10.1. The van der Waals surface area contributed by atoms with Gasteiger partial charge in [0.1, 0.15) is 0 Å². The number of aromatic nitrogens is 2. The Balaban J connectivity index is 1.81. The van der Waals surface area contributed by atoms with Crippen LogP contribution >= 0.6 is 0 Å². The molecule has 0 saturated carbocycles. The van der Waals surface area contributed by atoms with Crippen molar-refractivity contribution in [3.8, 4) is 11.3 Å². The molecule has 0 amide bonds. The maximum absolute atomic E-state index is 9.50. The first-order chi connectivity index (χ1) is 8.83. The van der Waals surface area contributed by atoms with Crippen molar-refractivity contribution in [2.24, 2.45) is 0 Å². The van der Waals surface area contributed by atoms with Gasteiger partial charge in [0.15, 0.2) is 5.82 Å². The van der Waals surface area contributed by atoms with Crippen molar-refractivity contribution < 1.29 is 5.11 Å². The smallest absolute Gasteiger partial charge is 0.151 e. The third-order valence-electron chi connectivity index (χ3n) is 3.21. The first-order valence-electron chi connectivity index (χ1n) is 6.15. The summed E-state index contributed by atoms with van der Waals surface area (Å²) in [4.78, 5) is 2.06. The zero-order valence-corrected chi connectivity index (χ0v) is 10.0. The standard InChI is InChI=1S/C14H15N3O/c18-12-8-9-17(10-12)14-7-6-13(15-16-14)11-4-2-1-3-5-11/h1-7,12,18H,8-10H2. The Hall–Kier alpha value is -1.94. The predicted molar refractivity (Wildman–Crippen MR) is 70.3 cm³/mol. The van der Waals surface area contributed by atoms with Crippen molar-refractivity contribution >= 4 is 5.82 Å². The number of hydrogen-bond donors (Lipinski definition) is 1. The summed E-state index contributed by atoms with van der Waals surface area (Å²) >= 11 is 0. The van der Waals surface area contributed by atoms with Crippen LogP contribution in [0.15, 0.2) is 42.5 Å². The van der Waals surface area contributed by atoms with Gasteiger partial charge < -0.3 is 10.0 Å². The highest BCUT2D eigenvalue weighted by atomic mass is 16.3. The Morgan fingerprint density at radius 1 is 1.06 bits per heavy atom. The first-order valence-corrected chi connectivity index (χ1v) is 6.15. The Labute approximate surface area is 106 Å². The second-order valence-electron chi connectivity index (χ2n) is 4.53. The lowest BCUT2D eigenvalue weighted by Gasteiger charge is -2.15. The molecule has 4 nitrogen and oxygen atoms in total. The molecule has 92 valence electrons. The number of benzene rings is 1. The molecule has 1 atom stereocenters. The Bertz CT molecular complexity index is 512. The fourth-order valence-corrected chi connectivity index (χ4v) is 2.21. The van der Waals surface area contributed by atoms with Crippen LogP contribution in [-0.2, 0) is 0 Å². The minimum atomic E-state index is -0.236. The second kappa shape index (κ2) is 4.74. The second-order valence-corrected chi connectivity index (χ2v) is 4.53. The molecule has 3 rings (SSSR count). The summed E-state index contributed by atoms with van der Waals surface area (Å²) in [6.07, 6.45) is 0.572. The minimum Gasteiger partial charge on any atom is -0.391 e. The normalized spacial score (nSPS) is 19.2. The van der Waals surface area contributed by atoms with Crippen LogP contribution in [0.4, 0.5) is 5.82 Å². The minimum absolute atomic E-state index is 0.236. The quantitative estimate of drug-likeness (QED) is 0.869. The third-order valence-corrected chi connectivity index (χ3v) is 3.21. The van der Waals surface area contributed by atoms with Gasteiger partial charge in [-0.25, -0.2) is 0 Å². The van der Waals surface area contributed by atoms with E-state index in [1.807, 2.05) is 42.5 Å². The van der Waals surface area contributed by atoms with Crippen LogP contribution in [0.2, 0.25) is 0 Å². The fraction of sp³-hybridized carbons (Fsp3) is 0.286. The Morgan fingerprint density at radius 2 is 1.89 bits per heavy atom. The summed E-state index contributed by atoms with van der Waals surface area (Å²) in [5.74, 6) is 0.839. The number of rotatable bonds is 2. The highest BCUT2D eigenvalue weighted by Gasteiger charge is 2.21. The molecule has 0 spiro atoms. The highest BCUT2D eigenvalue weighted by molar-refractivity contribution is 5.59. The molecule has 1 aliphatic heterocycles. The maximum atomic E-state index is 9.50. The fourth-order valence-electron chi connectivity index (χ4n) is 2.21. The van der Waals surface area contributed by atoms with E-state index in [2.05, 4.69) is 15.1 Å². The molecule has 0 bridgehead atoms. The molecule has 1 saturated heterocycles. The molecule has 18 heavy (non-hydrogen) atoms. The Kier molecular flexibility index (Phi) is 2.94. The van der Waals surface area contributed by atoms with Crippen LogP contribution in [0.25, 0.3) is 11.3 Å². The molecule has 1 N–H and O–H groups in total. The Morgan fingerprint density at radius 3 is 2.50 bits per heavy atom. The molecular formula is C14H15N3O. The van der Waals surface area contributed by atoms with Crippen LogP contribution in [0.1, 0.15) is 6.42 Å². The lowest BCUT2D eigenvalue weighted by Crippen LogP contribution is -2.22. The van der Waals surface area contributed by atoms with Gasteiger partial charge in [-0.05, 0) is 18.6 Å². The number of β-amino-alcohol motifs (C(OH)–C–C–N with tert-alkyl or cyclic N) is 1. The molecule has 4 heteroatoms. The molecular weight excluding hydrogens is 226 g/mol. The molecule has 1 fully saturated rings. The number of anilines is 1. The van der Waals surface area contributed by atoms with Crippen molar-refractivity contribution in [1.29, 1.82) is 0 Å². The molecule has 1 unspecified atom stereocenters. The van der Waals surface area contributed by atoms with Gasteiger partial charge in [0.2, 0.25) is 0 Å². The van der Waals surface area contributed by atoms with E-state index in [9.17, 15) is 5.11 Å². The first kappa shape index (κ1) is 11.2. The van der Waals surface area contributed by atoms with Crippen LogP contribution in [0, 0.1) is 0 Å². The summed E-state index contributed by atoms with van der Waals surface area (Å²) in [5, 5.41) is 18.0. The van der Waals surface area contributed by atoms with E-state index in [1.54, 1.807) is 0 Å². The van der Waals surface area contributed by atoms with E-state index in [0.29, 0.717) is 6.54 Å². The van der Waals surface area contributed by atoms with Crippen molar-refractivity contribution in [3.05, 3.63) is 42.5 Å². The summed E-state index contributed by atoms with van der Waals surface area (Å²) < 4.78 is 0. The SMILES string of the molecule is OC1CCN(c2ccc(-c3ccccc3)nn2)C1.